The number of nitrogens with zero attached hydrogens (tertiary/aromatic N) is 5. The van der Waals surface area contributed by atoms with Gasteiger partial charge in [-0.2, -0.15) is 0 Å². The molecule has 1 aliphatic heterocycles. The molecule has 7 heteroatoms. The summed E-state index contributed by atoms with van der Waals surface area (Å²) >= 11 is 0. The zero-order valence-electron chi connectivity index (χ0n) is 15.6. The molecule has 1 saturated heterocycles. The van der Waals surface area contributed by atoms with E-state index in [-0.39, 0.29) is 12.5 Å². The summed E-state index contributed by atoms with van der Waals surface area (Å²) in [4.78, 5) is 26.9. The Hall–Kier alpha value is -2.31. The zero-order valence-corrected chi connectivity index (χ0v) is 15.6. The lowest BCUT2D eigenvalue weighted by Crippen LogP contribution is -2.53. The fraction of sp³-hybridized carbons (Fsp3) is 0.611. The minimum atomic E-state index is 0.0157. The van der Waals surface area contributed by atoms with Gasteiger partial charge in [0.2, 0.25) is 5.91 Å². The topological polar surface area (TPSA) is 64.1 Å². The minimum absolute atomic E-state index is 0.0157. The second-order valence-electron chi connectivity index (χ2n) is 6.37. The van der Waals surface area contributed by atoms with Gasteiger partial charge in [-0.25, -0.2) is 9.98 Å². The van der Waals surface area contributed by atoms with Gasteiger partial charge in [-0.15, -0.1) is 0 Å². The van der Waals surface area contributed by atoms with Gasteiger partial charge in [0.05, 0.1) is 0 Å². The van der Waals surface area contributed by atoms with Crippen LogP contribution in [0.25, 0.3) is 0 Å². The maximum absolute atomic E-state index is 11.9. The number of amides is 1. The highest BCUT2D eigenvalue weighted by molar-refractivity contribution is 5.85. The Kier molecular flexibility index (Phi) is 7.50. The Bertz CT molecular complexity index is 552. The standard InChI is InChI=1S/C18H30N6O/c1-4-5-9-20-18(21-15-17(25)22(2)3)24-13-11-23(12-14-24)16-8-6-7-10-19-16/h6-8,10H,4-5,9,11-15H2,1-3H3,(H,20,21). The van der Waals surface area contributed by atoms with E-state index in [0.29, 0.717) is 0 Å². The summed E-state index contributed by atoms with van der Waals surface area (Å²) in [6, 6.07) is 5.99. The predicted octanol–water partition coefficient (Wildman–Crippen LogP) is 1.04. The number of unbranched alkanes of at least 4 members (excludes halogenated alkanes) is 1. The van der Waals surface area contributed by atoms with Crippen LogP contribution in [0.1, 0.15) is 19.8 Å². The molecule has 0 bridgehead atoms. The van der Waals surface area contributed by atoms with Crippen molar-refractivity contribution in [2.45, 2.75) is 19.8 Å². The van der Waals surface area contributed by atoms with Gasteiger partial charge < -0.3 is 20.0 Å². The number of hydrogen-bond donors (Lipinski definition) is 1. The first-order valence-corrected chi connectivity index (χ1v) is 9.01. The van der Waals surface area contributed by atoms with Gasteiger partial charge in [-0.3, -0.25) is 4.79 Å². The van der Waals surface area contributed by atoms with E-state index in [4.69, 9.17) is 0 Å². The Morgan fingerprint density at radius 1 is 1.28 bits per heavy atom. The van der Waals surface area contributed by atoms with Crippen LogP contribution >= 0.6 is 0 Å². The number of likely N-dealkylation sites (N-methyl/N-ethyl adjacent to an activating group) is 1. The lowest BCUT2D eigenvalue weighted by Gasteiger charge is -2.37. The molecule has 1 fully saturated rings. The molecule has 0 atom stereocenters. The molecule has 0 saturated carbocycles. The molecule has 0 spiro atoms. The van der Waals surface area contributed by atoms with E-state index in [1.165, 1.54) is 0 Å². The highest BCUT2D eigenvalue weighted by Crippen LogP contribution is 2.12. The summed E-state index contributed by atoms with van der Waals surface area (Å²) in [6.07, 6.45) is 4.05. The molecule has 1 amide bonds. The van der Waals surface area contributed by atoms with Crippen LogP contribution in [0.5, 0.6) is 0 Å². The van der Waals surface area contributed by atoms with Crippen molar-refractivity contribution in [1.82, 2.24) is 20.1 Å². The number of rotatable bonds is 6. The summed E-state index contributed by atoms with van der Waals surface area (Å²) in [7, 11) is 3.52. The molecule has 1 N–H and O–H groups in total. The monoisotopic (exact) mass is 346 g/mol. The van der Waals surface area contributed by atoms with Crippen molar-refractivity contribution in [1.29, 1.82) is 0 Å². The molecule has 0 radical (unpaired) electrons. The number of hydrogen-bond acceptors (Lipinski definition) is 4. The van der Waals surface area contributed by atoms with Crippen LogP contribution in [0.3, 0.4) is 0 Å². The fourth-order valence-electron chi connectivity index (χ4n) is 2.62. The van der Waals surface area contributed by atoms with E-state index >= 15 is 0 Å². The van der Waals surface area contributed by atoms with E-state index < -0.39 is 0 Å². The molecule has 7 nitrogen and oxygen atoms in total. The second-order valence-corrected chi connectivity index (χ2v) is 6.37. The molecule has 25 heavy (non-hydrogen) atoms. The molecule has 1 aliphatic rings. The molecular formula is C18H30N6O. The van der Waals surface area contributed by atoms with Crippen molar-refractivity contribution in [2.75, 3.05) is 58.3 Å². The molecule has 0 unspecified atom stereocenters. The van der Waals surface area contributed by atoms with E-state index in [9.17, 15) is 4.79 Å². The normalized spacial score (nSPS) is 15.2. The quantitative estimate of drug-likeness (QED) is 0.474. The summed E-state index contributed by atoms with van der Waals surface area (Å²) in [5.74, 6) is 1.87. The molecule has 1 aromatic heterocycles. The molecule has 2 heterocycles. The number of carbonyl (C=O) groups is 1. The van der Waals surface area contributed by atoms with E-state index in [0.717, 1.165) is 57.3 Å². The van der Waals surface area contributed by atoms with Gasteiger partial charge in [-0.1, -0.05) is 19.4 Å². The van der Waals surface area contributed by atoms with Crippen LogP contribution in [0.4, 0.5) is 5.82 Å². The summed E-state index contributed by atoms with van der Waals surface area (Å²) in [6.45, 7) is 6.75. The summed E-state index contributed by atoms with van der Waals surface area (Å²) < 4.78 is 0. The van der Waals surface area contributed by atoms with Crippen molar-refractivity contribution in [2.24, 2.45) is 4.99 Å². The largest absolute Gasteiger partial charge is 0.356 e. The number of aromatic nitrogens is 1. The average Bonchev–Trinajstić information content (AvgIpc) is 2.65. The number of carbonyl (C=O) groups excluding carboxylic acids is 1. The van der Waals surface area contributed by atoms with Crippen LogP contribution in [-0.2, 0) is 4.79 Å². The number of guanidine groups is 1. The van der Waals surface area contributed by atoms with Crippen LogP contribution < -0.4 is 10.2 Å². The van der Waals surface area contributed by atoms with E-state index in [1.54, 1.807) is 19.0 Å². The highest BCUT2D eigenvalue weighted by Gasteiger charge is 2.20. The molecule has 2 rings (SSSR count). The SMILES string of the molecule is CCCCNC(=NCC(=O)N(C)C)N1CCN(c2ccccn2)CC1. The van der Waals surface area contributed by atoms with Gasteiger partial charge in [0.1, 0.15) is 12.4 Å². The number of aliphatic imine (C=N–C) groups is 1. The van der Waals surface area contributed by atoms with Crippen molar-refractivity contribution in [3.8, 4) is 0 Å². The van der Waals surface area contributed by atoms with Gasteiger partial charge in [-0.05, 0) is 18.6 Å². The van der Waals surface area contributed by atoms with Crippen molar-refractivity contribution < 1.29 is 4.79 Å². The van der Waals surface area contributed by atoms with Crippen LogP contribution in [0, 0.1) is 0 Å². The third kappa shape index (κ3) is 5.92. The summed E-state index contributed by atoms with van der Waals surface area (Å²) in [5, 5.41) is 3.41. The van der Waals surface area contributed by atoms with Gasteiger partial charge in [0.25, 0.3) is 0 Å². The highest BCUT2D eigenvalue weighted by atomic mass is 16.2. The third-order valence-electron chi connectivity index (χ3n) is 4.23. The maximum atomic E-state index is 11.9. The lowest BCUT2D eigenvalue weighted by atomic mass is 10.3. The van der Waals surface area contributed by atoms with Gasteiger partial charge >= 0.3 is 0 Å². The molecule has 0 aliphatic carbocycles. The van der Waals surface area contributed by atoms with Crippen LogP contribution in [0.15, 0.2) is 29.4 Å². The molecule has 0 aromatic carbocycles. The maximum Gasteiger partial charge on any atom is 0.243 e. The Labute approximate surface area is 150 Å². The van der Waals surface area contributed by atoms with Gasteiger partial charge in [0, 0.05) is 53.0 Å². The molecule has 138 valence electrons. The molecule has 1 aromatic rings. The average molecular weight is 346 g/mol. The predicted molar refractivity (Wildman–Crippen MR) is 102 cm³/mol. The summed E-state index contributed by atoms with van der Waals surface area (Å²) in [5.41, 5.74) is 0. The second kappa shape index (κ2) is 9.86. The third-order valence-corrected chi connectivity index (χ3v) is 4.23. The number of pyridine rings is 1. The van der Waals surface area contributed by atoms with Crippen molar-refractivity contribution in [3.05, 3.63) is 24.4 Å². The Morgan fingerprint density at radius 3 is 2.64 bits per heavy atom. The first-order chi connectivity index (χ1) is 12.1. The first kappa shape index (κ1) is 19.0. The van der Waals surface area contributed by atoms with Crippen molar-refractivity contribution in [3.63, 3.8) is 0 Å². The van der Waals surface area contributed by atoms with Gasteiger partial charge in [0.15, 0.2) is 5.96 Å². The Balaban J connectivity index is 1.95. The van der Waals surface area contributed by atoms with E-state index in [1.807, 2.05) is 24.4 Å². The molecular weight excluding hydrogens is 316 g/mol. The van der Waals surface area contributed by atoms with Crippen LogP contribution in [0.2, 0.25) is 0 Å². The lowest BCUT2D eigenvalue weighted by molar-refractivity contribution is -0.127. The smallest absolute Gasteiger partial charge is 0.243 e. The Morgan fingerprint density at radius 2 is 2.04 bits per heavy atom. The fourth-order valence-corrected chi connectivity index (χ4v) is 2.62. The zero-order chi connectivity index (χ0) is 18.1. The minimum Gasteiger partial charge on any atom is -0.356 e. The van der Waals surface area contributed by atoms with E-state index in [2.05, 4.69) is 32.0 Å². The number of piperazine rings is 1. The first-order valence-electron chi connectivity index (χ1n) is 9.01. The number of anilines is 1. The van der Waals surface area contributed by atoms with Crippen LogP contribution in [-0.4, -0.2) is 80.0 Å². The number of nitrogens with one attached hydrogen (secondary N) is 1. The van der Waals surface area contributed by atoms with Crippen molar-refractivity contribution >= 4 is 17.7 Å².